The molecule has 4 heteroatoms. The summed E-state index contributed by atoms with van der Waals surface area (Å²) in [6.45, 7) is 2.14. The van der Waals surface area contributed by atoms with Gasteiger partial charge in [-0.3, -0.25) is 0 Å². The minimum Gasteiger partial charge on any atom is -0.345 e. The lowest BCUT2D eigenvalue weighted by Gasteiger charge is -2.31. The van der Waals surface area contributed by atoms with Crippen molar-refractivity contribution in [2.45, 2.75) is 25.3 Å². The van der Waals surface area contributed by atoms with Crippen molar-refractivity contribution in [3.63, 3.8) is 0 Å². The maximum Gasteiger partial charge on any atom is 0.224 e. The molecule has 2 rings (SSSR count). The summed E-state index contributed by atoms with van der Waals surface area (Å²) in [6.07, 6.45) is 12.0. The first-order chi connectivity index (χ1) is 7.74. The van der Waals surface area contributed by atoms with Gasteiger partial charge in [0, 0.05) is 6.20 Å². The van der Waals surface area contributed by atoms with Crippen LogP contribution in [0.25, 0.3) is 0 Å². The zero-order chi connectivity index (χ0) is 11.4. The van der Waals surface area contributed by atoms with E-state index in [0.29, 0.717) is 11.1 Å². The van der Waals surface area contributed by atoms with Crippen molar-refractivity contribution in [2.75, 3.05) is 5.32 Å². The molecule has 1 atom stereocenters. The van der Waals surface area contributed by atoms with Gasteiger partial charge in [-0.15, -0.1) is 0 Å². The average molecular weight is 236 g/mol. The normalized spacial score (nSPS) is 23.4. The molecule has 1 aliphatic carbocycles. The van der Waals surface area contributed by atoms with Crippen molar-refractivity contribution in [3.05, 3.63) is 41.7 Å². The summed E-state index contributed by atoms with van der Waals surface area (Å²) in [5.74, 6) is 0.578. The molecule has 0 unspecified atom stereocenters. The van der Waals surface area contributed by atoms with Crippen LogP contribution >= 0.6 is 11.6 Å². The molecule has 3 nitrogen and oxygen atoms in total. The lowest BCUT2D eigenvalue weighted by molar-refractivity contribution is 0.552. The van der Waals surface area contributed by atoms with Crippen LogP contribution < -0.4 is 5.32 Å². The van der Waals surface area contributed by atoms with E-state index in [1.807, 2.05) is 6.08 Å². The van der Waals surface area contributed by atoms with Gasteiger partial charge in [-0.2, -0.15) is 0 Å². The Labute approximate surface area is 100 Å². The predicted molar refractivity (Wildman–Crippen MR) is 66.6 cm³/mol. The van der Waals surface area contributed by atoms with Gasteiger partial charge < -0.3 is 5.32 Å². The van der Waals surface area contributed by atoms with Gasteiger partial charge in [-0.1, -0.05) is 42.8 Å². The van der Waals surface area contributed by atoms with E-state index in [9.17, 15) is 0 Å². The molecule has 0 aliphatic heterocycles. The SMILES string of the molecule is CC[C@@]1(Nc2nccc(Cl)n2)C=CC=CC1. The highest BCUT2D eigenvalue weighted by molar-refractivity contribution is 6.29. The molecule has 0 radical (unpaired) electrons. The van der Waals surface area contributed by atoms with Crippen LogP contribution in [0, 0.1) is 0 Å². The van der Waals surface area contributed by atoms with Crippen molar-refractivity contribution in [1.29, 1.82) is 0 Å². The zero-order valence-corrected chi connectivity index (χ0v) is 9.91. The first-order valence-electron chi connectivity index (χ1n) is 5.35. The second kappa shape index (κ2) is 4.66. The Hall–Kier alpha value is -1.35. The summed E-state index contributed by atoms with van der Waals surface area (Å²) in [5, 5.41) is 3.80. The van der Waals surface area contributed by atoms with E-state index in [1.54, 1.807) is 12.3 Å². The van der Waals surface area contributed by atoms with E-state index >= 15 is 0 Å². The van der Waals surface area contributed by atoms with Crippen LogP contribution in [0.3, 0.4) is 0 Å². The molecule has 0 spiro atoms. The Balaban J connectivity index is 2.19. The van der Waals surface area contributed by atoms with Crippen LogP contribution in [0.15, 0.2) is 36.6 Å². The fourth-order valence-corrected chi connectivity index (χ4v) is 1.86. The van der Waals surface area contributed by atoms with E-state index in [2.05, 4.69) is 40.4 Å². The third kappa shape index (κ3) is 2.42. The van der Waals surface area contributed by atoms with Gasteiger partial charge in [0.2, 0.25) is 5.95 Å². The van der Waals surface area contributed by atoms with Gasteiger partial charge >= 0.3 is 0 Å². The molecule has 0 saturated carbocycles. The molecule has 0 bridgehead atoms. The van der Waals surface area contributed by atoms with Crippen molar-refractivity contribution < 1.29 is 0 Å². The summed E-state index contributed by atoms with van der Waals surface area (Å²) in [5.41, 5.74) is -0.0839. The summed E-state index contributed by atoms with van der Waals surface area (Å²) in [7, 11) is 0. The minimum atomic E-state index is -0.0839. The number of halogens is 1. The Morgan fingerprint density at radius 2 is 2.38 bits per heavy atom. The maximum absolute atomic E-state index is 5.83. The molecular formula is C12H14ClN3. The monoisotopic (exact) mass is 235 g/mol. The second-order valence-corrected chi connectivity index (χ2v) is 4.22. The summed E-state index contributed by atoms with van der Waals surface area (Å²) < 4.78 is 0. The third-order valence-electron chi connectivity index (χ3n) is 2.76. The van der Waals surface area contributed by atoms with Crippen molar-refractivity contribution in [1.82, 2.24) is 9.97 Å². The molecule has 0 saturated heterocycles. The fourth-order valence-electron chi connectivity index (χ4n) is 1.73. The Kier molecular flexibility index (Phi) is 3.25. The van der Waals surface area contributed by atoms with Gasteiger partial charge in [-0.05, 0) is 18.9 Å². The summed E-state index contributed by atoms with van der Waals surface area (Å²) in [4.78, 5) is 8.31. The van der Waals surface area contributed by atoms with Gasteiger partial charge in [0.05, 0.1) is 5.54 Å². The molecule has 1 N–H and O–H groups in total. The number of nitrogens with one attached hydrogen (secondary N) is 1. The van der Waals surface area contributed by atoms with Gasteiger partial charge in [0.25, 0.3) is 0 Å². The van der Waals surface area contributed by atoms with E-state index < -0.39 is 0 Å². The highest BCUT2D eigenvalue weighted by Crippen LogP contribution is 2.25. The number of allylic oxidation sites excluding steroid dienone is 2. The van der Waals surface area contributed by atoms with Crippen molar-refractivity contribution in [2.24, 2.45) is 0 Å². The highest BCUT2D eigenvalue weighted by atomic mass is 35.5. The largest absolute Gasteiger partial charge is 0.345 e. The topological polar surface area (TPSA) is 37.8 Å². The van der Waals surface area contributed by atoms with Crippen LogP contribution in [-0.4, -0.2) is 15.5 Å². The van der Waals surface area contributed by atoms with Gasteiger partial charge in [0.1, 0.15) is 5.15 Å². The van der Waals surface area contributed by atoms with Crippen LogP contribution in [-0.2, 0) is 0 Å². The standard InChI is InChI=1S/C12H14ClN3/c1-2-12(7-4-3-5-8-12)16-11-14-9-6-10(13)15-11/h3-7,9H,2,8H2,1H3,(H,14,15,16)/t12-/m1/s1. The number of anilines is 1. The van der Waals surface area contributed by atoms with Crippen LogP contribution in [0.1, 0.15) is 19.8 Å². The Bertz CT molecular complexity index is 428. The number of rotatable bonds is 3. The average Bonchev–Trinajstić information content (AvgIpc) is 2.30. The molecule has 16 heavy (non-hydrogen) atoms. The summed E-state index contributed by atoms with van der Waals surface area (Å²) >= 11 is 5.83. The third-order valence-corrected chi connectivity index (χ3v) is 2.97. The maximum atomic E-state index is 5.83. The van der Waals surface area contributed by atoms with Crippen LogP contribution in [0.2, 0.25) is 5.15 Å². The molecule has 1 aromatic heterocycles. The smallest absolute Gasteiger partial charge is 0.224 e. The van der Waals surface area contributed by atoms with Gasteiger partial charge in [-0.25, -0.2) is 9.97 Å². The molecular weight excluding hydrogens is 222 g/mol. The van der Waals surface area contributed by atoms with E-state index in [0.717, 1.165) is 12.8 Å². The fraction of sp³-hybridized carbons (Fsp3) is 0.333. The zero-order valence-electron chi connectivity index (χ0n) is 9.15. The molecule has 1 heterocycles. The highest BCUT2D eigenvalue weighted by Gasteiger charge is 2.25. The van der Waals surface area contributed by atoms with Crippen molar-refractivity contribution in [3.8, 4) is 0 Å². The van der Waals surface area contributed by atoms with E-state index in [4.69, 9.17) is 11.6 Å². The summed E-state index contributed by atoms with van der Waals surface area (Å²) in [6, 6.07) is 1.67. The van der Waals surface area contributed by atoms with E-state index in [1.165, 1.54) is 0 Å². The first-order valence-corrected chi connectivity index (χ1v) is 5.73. The lowest BCUT2D eigenvalue weighted by Crippen LogP contribution is -2.36. The Morgan fingerprint density at radius 3 is 3.00 bits per heavy atom. The molecule has 1 aliphatic rings. The molecule has 0 amide bonds. The Morgan fingerprint density at radius 1 is 1.50 bits per heavy atom. The quantitative estimate of drug-likeness (QED) is 0.818. The predicted octanol–water partition coefficient (Wildman–Crippen LogP) is 3.21. The van der Waals surface area contributed by atoms with Crippen LogP contribution in [0.4, 0.5) is 5.95 Å². The number of nitrogens with zero attached hydrogens (tertiary/aromatic N) is 2. The first kappa shape index (κ1) is 11.1. The second-order valence-electron chi connectivity index (χ2n) is 3.83. The van der Waals surface area contributed by atoms with Crippen molar-refractivity contribution >= 4 is 17.5 Å². The van der Waals surface area contributed by atoms with E-state index in [-0.39, 0.29) is 5.54 Å². The molecule has 1 aromatic rings. The van der Waals surface area contributed by atoms with Gasteiger partial charge in [0.15, 0.2) is 0 Å². The molecule has 0 fully saturated rings. The number of hydrogen-bond donors (Lipinski definition) is 1. The lowest BCUT2D eigenvalue weighted by atomic mass is 9.89. The minimum absolute atomic E-state index is 0.0839. The molecule has 84 valence electrons. The molecule has 0 aromatic carbocycles. The number of aromatic nitrogens is 2. The van der Waals surface area contributed by atoms with Crippen LogP contribution in [0.5, 0.6) is 0 Å². The number of hydrogen-bond acceptors (Lipinski definition) is 3.